The van der Waals surface area contributed by atoms with E-state index >= 15 is 0 Å². The summed E-state index contributed by atoms with van der Waals surface area (Å²) in [5, 5.41) is 2.88. The van der Waals surface area contributed by atoms with Gasteiger partial charge in [0.2, 0.25) is 5.91 Å². The van der Waals surface area contributed by atoms with Gasteiger partial charge in [0.1, 0.15) is 17.3 Å². The van der Waals surface area contributed by atoms with Crippen LogP contribution < -0.4 is 5.32 Å². The molecule has 3 aromatic carbocycles. The highest BCUT2D eigenvalue weighted by molar-refractivity contribution is 5.93. The van der Waals surface area contributed by atoms with Crippen molar-refractivity contribution >= 4 is 23.9 Å². The SMILES string of the molecule is O=C(Cc1ccc(F)cc1)Nc1nc2c(nc1C=Cc1ccccc1)-c1ccc(F)cc1CC2. The van der Waals surface area contributed by atoms with E-state index in [1.165, 1.54) is 24.3 Å². The smallest absolute Gasteiger partial charge is 0.230 e. The Bertz CT molecular complexity index is 1380. The average molecular weight is 453 g/mol. The first-order chi connectivity index (χ1) is 16.5. The molecule has 0 fully saturated rings. The summed E-state index contributed by atoms with van der Waals surface area (Å²) in [7, 11) is 0. The minimum atomic E-state index is -0.349. The monoisotopic (exact) mass is 453 g/mol. The number of aromatic nitrogens is 2. The first-order valence-electron chi connectivity index (χ1n) is 11.0. The molecule has 1 aliphatic carbocycles. The molecule has 0 saturated heterocycles. The molecular formula is C28H21F2N3O. The van der Waals surface area contributed by atoms with Crippen LogP contribution in [0.4, 0.5) is 14.6 Å². The molecule has 6 heteroatoms. The third kappa shape index (κ3) is 4.76. The summed E-state index contributed by atoms with van der Waals surface area (Å²) in [6.07, 6.45) is 5.05. The largest absolute Gasteiger partial charge is 0.309 e. The van der Waals surface area contributed by atoms with Crippen molar-refractivity contribution in [2.75, 3.05) is 5.32 Å². The molecule has 1 aromatic heterocycles. The normalized spacial score (nSPS) is 12.3. The van der Waals surface area contributed by atoms with Crippen LogP contribution in [-0.2, 0) is 24.1 Å². The lowest BCUT2D eigenvalue weighted by molar-refractivity contribution is -0.115. The van der Waals surface area contributed by atoms with Gasteiger partial charge in [-0.05, 0) is 65.9 Å². The summed E-state index contributed by atoms with van der Waals surface area (Å²) >= 11 is 0. The second kappa shape index (κ2) is 9.35. The van der Waals surface area contributed by atoms with Crippen molar-refractivity contribution in [2.45, 2.75) is 19.3 Å². The molecule has 4 aromatic rings. The highest BCUT2D eigenvalue weighted by Gasteiger charge is 2.22. The Morgan fingerprint density at radius 2 is 1.65 bits per heavy atom. The molecule has 0 unspecified atom stereocenters. The number of rotatable bonds is 5. The predicted molar refractivity (Wildman–Crippen MR) is 129 cm³/mol. The molecule has 0 aliphatic heterocycles. The van der Waals surface area contributed by atoms with E-state index in [1.54, 1.807) is 18.2 Å². The fourth-order valence-corrected chi connectivity index (χ4v) is 4.04. The Balaban J connectivity index is 1.50. The number of carbonyl (C=O) groups is 1. The van der Waals surface area contributed by atoms with E-state index in [-0.39, 0.29) is 24.0 Å². The van der Waals surface area contributed by atoms with Gasteiger partial charge in [-0.25, -0.2) is 18.7 Å². The number of halogens is 2. The van der Waals surface area contributed by atoms with Crippen molar-refractivity contribution in [3.05, 3.63) is 113 Å². The molecule has 34 heavy (non-hydrogen) atoms. The summed E-state index contributed by atoms with van der Waals surface area (Å²) in [5.74, 6) is -0.528. The van der Waals surface area contributed by atoms with Crippen LogP contribution in [0, 0.1) is 11.6 Å². The summed E-state index contributed by atoms with van der Waals surface area (Å²) in [6.45, 7) is 0. The second-order valence-corrected chi connectivity index (χ2v) is 8.15. The number of hydrogen-bond acceptors (Lipinski definition) is 3. The molecule has 1 amide bonds. The van der Waals surface area contributed by atoms with E-state index in [0.29, 0.717) is 35.6 Å². The minimum Gasteiger partial charge on any atom is -0.309 e. The van der Waals surface area contributed by atoms with Crippen molar-refractivity contribution in [3.63, 3.8) is 0 Å². The summed E-state index contributed by atoms with van der Waals surface area (Å²) in [6, 6.07) is 20.3. The number of hydrogen-bond donors (Lipinski definition) is 1. The molecular weight excluding hydrogens is 432 g/mol. The zero-order valence-electron chi connectivity index (χ0n) is 18.3. The quantitative estimate of drug-likeness (QED) is 0.411. The van der Waals surface area contributed by atoms with E-state index in [1.807, 2.05) is 42.5 Å². The van der Waals surface area contributed by atoms with E-state index < -0.39 is 0 Å². The van der Waals surface area contributed by atoms with Crippen LogP contribution in [0.1, 0.15) is 28.1 Å². The average Bonchev–Trinajstić information content (AvgIpc) is 2.84. The summed E-state index contributed by atoms with van der Waals surface area (Å²) in [5.41, 5.74) is 5.39. The van der Waals surface area contributed by atoms with Crippen molar-refractivity contribution in [3.8, 4) is 11.3 Å². The van der Waals surface area contributed by atoms with Crippen molar-refractivity contribution in [1.29, 1.82) is 0 Å². The number of fused-ring (bicyclic) bond motifs is 3. The third-order valence-corrected chi connectivity index (χ3v) is 5.72. The molecule has 0 bridgehead atoms. The van der Waals surface area contributed by atoms with Crippen LogP contribution in [0.3, 0.4) is 0 Å². The molecule has 4 nitrogen and oxygen atoms in total. The van der Waals surface area contributed by atoms with Crippen molar-refractivity contribution in [1.82, 2.24) is 9.97 Å². The van der Waals surface area contributed by atoms with Crippen LogP contribution in [0.25, 0.3) is 23.4 Å². The molecule has 1 N–H and O–H groups in total. The predicted octanol–water partition coefficient (Wildman–Crippen LogP) is 5.87. The maximum Gasteiger partial charge on any atom is 0.230 e. The van der Waals surface area contributed by atoms with Gasteiger partial charge in [0, 0.05) is 5.56 Å². The Hall–Kier alpha value is -4.19. The second-order valence-electron chi connectivity index (χ2n) is 8.15. The fourth-order valence-electron chi connectivity index (χ4n) is 4.04. The lowest BCUT2D eigenvalue weighted by Gasteiger charge is -2.20. The number of carbonyl (C=O) groups excluding carboxylic acids is 1. The highest BCUT2D eigenvalue weighted by Crippen LogP contribution is 2.33. The summed E-state index contributed by atoms with van der Waals surface area (Å²) in [4.78, 5) is 22.3. The van der Waals surface area contributed by atoms with Gasteiger partial charge in [-0.3, -0.25) is 4.79 Å². The van der Waals surface area contributed by atoms with Gasteiger partial charge in [0.15, 0.2) is 5.82 Å². The molecule has 168 valence electrons. The van der Waals surface area contributed by atoms with E-state index in [4.69, 9.17) is 9.97 Å². The lowest BCUT2D eigenvalue weighted by Crippen LogP contribution is -2.19. The number of nitrogens with zero attached hydrogens (tertiary/aromatic N) is 2. The number of anilines is 1. The minimum absolute atomic E-state index is 0.0863. The van der Waals surface area contributed by atoms with Gasteiger partial charge in [0.25, 0.3) is 0 Å². The molecule has 0 radical (unpaired) electrons. The Kier molecular flexibility index (Phi) is 5.95. The maximum atomic E-state index is 13.8. The Morgan fingerprint density at radius 1 is 0.882 bits per heavy atom. The van der Waals surface area contributed by atoms with Crippen LogP contribution in [-0.4, -0.2) is 15.9 Å². The zero-order valence-corrected chi connectivity index (χ0v) is 18.3. The summed E-state index contributed by atoms with van der Waals surface area (Å²) < 4.78 is 26.9. The number of aryl methyl sites for hydroxylation is 2. The van der Waals surface area contributed by atoms with Crippen LogP contribution in [0.2, 0.25) is 0 Å². The molecule has 0 saturated carbocycles. The molecule has 0 atom stereocenters. The van der Waals surface area contributed by atoms with E-state index in [2.05, 4.69) is 5.32 Å². The van der Waals surface area contributed by atoms with Crippen LogP contribution >= 0.6 is 0 Å². The molecule has 5 rings (SSSR count). The van der Waals surface area contributed by atoms with Gasteiger partial charge >= 0.3 is 0 Å². The molecule has 0 spiro atoms. The van der Waals surface area contributed by atoms with Crippen molar-refractivity contribution < 1.29 is 13.6 Å². The Labute approximate surface area is 196 Å². The maximum absolute atomic E-state index is 13.8. The fraction of sp³-hybridized carbons (Fsp3) is 0.107. The standard InChI is InChI=1S/C28H21F2N3O/c29-21-10-6-19(7-11-21)16-26(34)33-28-25(14-8-18-4-2-1-3-5-18)31-27-23-13-12-22(30)17-20(23)9-15-24(27)32-28/h1-8,10-14,17H,9,15-16H2,(H,32,33,34). The number of benzene rings is 3. The zero-order chi connectivity index (χ0) is 23.5. The molecule has 1 heterocycles. The number of nitrogens with one attached hydrogen (secondary N) is 1. The van der Waals surface area contributed by atoms with Crippen molar-refractivity contribution in [2.24, 2.45) is 0 Å². The van der Waals surface area contributed by atoms with Gasteiger partial charge in [-0.2, -0.15) is 0 Å². The topological polar surface area (TPSA) is 54.9 Å². The van der Waals surface area contributed by atoms with E-state index in [9.17, 15) is 13.6 Å². The number of amides is 1. The van der Waals surface area contributed by atoms with Crippen LogP contribution in [0.5, 0.6) is 0 Å². The van der Waals surface area contributed by atoms with Gasteiger partial charge < -0.3 is 5.32 Å². The first-order valence-corrected chi connectivity index (χ1v) is 11.0. The van der Waals surface area contributed by atoms with Gasteiger partial charge in [0.05, 0.1) is 17.8 Å². The third-order valence-electron chi connectivity index (χ3n) is 5.72. The molecule has 1 aliphatic rings. The van der Waals surface area contributed by atoms with Crippen LogP contribution in [0.15, 0.2) is 72.8 Å². The van der Waals surface area contributed by atoms with E-state index in [0.717, 1.165) is 22.4 Å². The Morgan fingerprint density at radius 3 is 2.44 bits per heavy atom. The highest BCUT2D eigenvalue weighted by atomic mass is 19.1. The van der Waals surface area contributed by atoms with Gasteiger partial charge in [-0.1, -0.05) is 48.5 Å². The first kappa shape index (κ1) is 21.6. The van der Waals surface area contributed by atoms with Gasteiger partial charge in [-0.15, -0.1) is 0 Å². The lowest BCUT2D eigenvalue weighted by atomic mass is 9.91.